The van der Waals surface area contributed by atoms with Crippen molar-refractivity contribution >= 4 is 23.6 Å². The Morgan fingerprint density at radius 1 is 1.12 bits per heavy atom. The summed E-state index contributed by atoms with van der Waals surface area (Å²) in [5.41, 5.74) is 2.46. The number of amides is 2. The number of thioether (sulfide) groups is 1. The third-order valence-electron chi connectivity index (χ3n) is 4.63. The van der Waals surface area contributed by atoms with Crippen LogP contribution in [-0.4, -0.2) is 41.6 Å². The highest BCUT2D eigenvalue weighted by molar-refractivity contribution is 8.04. The molecule has 34 heavy (non-hydrogen) atoms. The van der Waals surface area contributed by atoms with Crippen LogP contribution in [0.15, 0.2) is 53.4 Å². The Kier molecular flexibility index (Phi) is 8.08. The molecule has 0 saturated carbocycles. The summed E-state index contributed by atoms with van der Waals surface area (Å²) in [6, 6.07) is 8.07. The molecule has 0 atom stereocenters. The molecule has 0 fully saturated rings. The van der Waals surface area contributed by atoms with Gasteiger partial charge in [0.05, 0.1) is 4.91 Å². The lowest BCUT2D eigenvalue weighted by Crippen LogP contribution is -2.51. The standard InChI is InChI=1S/C23H22F4N2O4S/c1-14(2)29(28-22(31)20-8-5-11-34-20)21(30)13-32-18-10-9-15(24)12-17(18)16-6-3-4-7-19(16)33-23(25,26)27/h3-4,6-10,12,14H,5,11,13H2,1-2H3,(H,28,31). The number of nitrogens with zero attached hydrogens (tertiary/aromatic N) is 1. The molecule has 2 amide bonds. The van der Waals surface area contributed by atoms with Crippen LogP contribution in [0.4, 0.5) is 17.6 Å². The van der Waals surface area contributed by atoms with Gasteiger partial charge in [0.15, 0.2) is 6.61 Å². The molecule has 6 nitrogen and oxygen atoms in total. The number of allylic oxidation sites excluding steroid dienone is 1. The summed E-state index contributed by atoms with van der Waals surface area (Å²) in [6.07, 6.45) is -2.41. The maximum Gasteiger partial charge on any atom is 0.573 e. The molecule has 2 aromatic rings. The maximum atomic E-state index is 14.0. The van der Waals surface area contributed by atoms with Crippen LogP contribution in [0.5, 0.6) is 11.5 Å². The van der Waals surface area contributed by atoms with Gasteiger partial charge in [-0.15, -0.1) is 24.9 Å². The number of alkyl halides is 3. The molecule has 11 heteroatoms. The van der Waals surface area contributed by atoms with E-state index in [1.54, 1.807) is 19.9 Å². The summed E-state index contributed by atoms with van der Waals surface area (Å²) < 4.78 is 62.1. The van der Waals surface area contributed by atoms with Gasteiger partial charge in [-0.05, 0) is 44.5 Å². The van der Waals surface area contributed by atoms with Gasteiger partial charge in [-0.25, -0.2) is 9.40 Å². The number of carbonyl (C=O) groups excluding carboxylic acids is 2. The van der Waals surface area contributed by atoms with Crippen molar-refractivity contribution in [1.29, 1.82) is 0 Å². The molecule has 1 aliphatic rings. The van der Waals surface area contributed by atoms with Crippen molar-refractivity contribution in [3.8, 4) is 22.6 Å². The minimum Gasteiger partial charge on any atom is -0.483 e. The summed E-state index contributed by atoms with van der Waals surface area (Å²) in [4.78, 5) is 25.7. The number of benzene rings is 2. The van der Waals surface area contributed by atoms with Crippen molar-refractivity contribution in [1.82, 2.24) is 10.4 Å². The predicted octanol–water partition coefficient (Wildman–Crippen LogP) is 5.06. The molecule has 1 aliphatic heterocycles. The van der Waals surface area contributed by atoms with Gasteiger partial charge in [-0.3, -0.25) is 15.0 Å². The smallest absolute Gasteiger partial charge is 0.483 e. The zero-order valence-corrected chi connectivity index (χ0v) is 19.1. The van der Waals surface area contributed by atoms with E-state index in [2.05, 4.69) is 10.2 Å². The van der Waals surface area contributed by atoms with E-state index in [4.69, 9.17) is 4.74 Å². The van der Waals surface area contributed by atoms with Gasteiger partial charge in [0.2, 0.25) is 0 Å². The number of para-hydroxylation sites is 1. The van der Waals surface area contributed by atoms with Gasteiger partial charge in [0.25, 0.3) is 11.8 Å². The van der Waals surface area contributed by atoms with Gasteiger partial charge in [0.1, 0.15) is 17.3 Å². The Morgan fingerprint density at radius 2 is 1.85 bits per heavy atom. The number of ether oxygens (including phenoxy) is 2. The van der Waals surface area contributed by atoms with E-state index in [-0.39, 0.29) is 16.9 Å². The molecule has 0 radical (unpaired) electrons. The molecular weight excluding hydrogens is 476 g/mol. The Hall–Kier alpha value is -3.21. The summed E-state index contributed by atoms with van der Waals surface area (Å²) in [7, 11) is 0. The van der Waals surface area contributed by atoms with Crippen LogP contribution in [0, 0.1) is 5.82 Å². The number of nitrogens with one attached hydrogen (secondary N) is 1. The van der Waals surface area contributed by atoms with E-state index in [1.165, 1.54) is 36.0 Å². The largest absolute Gasteiger partial charge is 0.573 e. The van der Waals surface area contributed by atoms with E-state index < -0.39 is 42.4 Å². The van der Waals surface area contributed by atoms with Gasteiger partial charge < -0.3 is 9.47 Å². The highest BCUT2D eigenvalue weighted by atomic mass is 32.2. The first kappa shape index (κ1) is 25.4. The van der Waals surface area contributed by atoms with E-state index >= 15 is 0 Å². The summed E-state index contributed by atoms with van der Waals surface area (Å²) in [5, 5.41) is 1.12. The summed E-state index contributed by atoms with van der Waals surface area (Å²) in [6.45, 7) is 2.84. The second kappa shape index (κ2) is 10.8. The highest BCUT2D eigenvalue weighted by Gasteiger charge is 2.32. The maximum absolute atomic E-state index is 14.0. The molecule has 0 aromatic heterocycles. The predicted molar refractivity (Wildman–Crippen MR) is 119 cm³/mol. The second-order valence-electron chi connectivity index (χ2n) is 7.48. The molecule has 0 unspecified atom stereocenters. The minimum atomic E-state index is -4.95. The number of hydrogen-bond acceptors (Lipinski definition) is 5. The monoisotopic (exact) mass is 498 g/mol. The van der Waals surface area contributed by atoms with Crippen LogP contribution in [0.1, 0.15) is 20.3 Å². The number of carbonyl (C=O) groups is 2. The first-order valence-electron chi connectivity index (χ1n) is 10.3. The molecule has 0 bridgehead atoms. The van der Waals surface area contributed by atoms with Crippen molar-refractivity contribution < 1.29 is 36.6 Å². The molecule has 3 rings (SSSR count). The molecule has 0 saturated heterocycles. The van der Waals surface area contributed by atoms with Crippen molar-refractivity contribution in [2.75, 3.05) is 12.4 Å². The Bertz CT molecular complexity index is 1090. The van der Waals surface area contributed by atoms with Crippen molar-refractivity contribution in [3.63, 3.8) is 0 Å². The molecule has 1 heterocycles. The minimum absolute atomic E-state index is 0.0275. The van der Waals surface area contributed by atoms with Gasteiger partial charge in [-0.2, -0.15) is 0 Å². The number of hydrogen-bond donors (Lipinski definition) is 1. The molecule has 1 N–H and O–H groups in total. The average Bonchev–Trinajstić information content (AvgIpc) is 3.30. The Labute approximate surface area is 197 Å². The highest BCUT2D eigenvalue weighted by Crippen LogP contribution is 2.39. The van der Waals surface area contributed by atoms with Gasteiger partial charge in [0, 0.05) is 22.9 Å². The fraction of sp³-hybridized carbons (Fsp3) is 0.304. The van der Waals surface area contributed by atoms with Crippen molar-refractivity contribution in [2.24, 2.45) is 0 Å². The fourth-order valence-electron chi connectivity index (χ4n) is 3.17. The summed E-state index contributed by atoms with van der Waals surface area (Å²) in [5.74, 6) is -1.51. The van der Waals surface area contributed by atoms with Crippen LogP contribution < -0.4 is 14.9 Å². The molecule has 0 aliphatic carbocycles. The van der Waals surface area contributed by atoms with Crippen molar-refractivity contribution in [3.05, 3.63) is 59.3 Å². The van der Waals surface area contributed by atoms with Crippen LogP contribution >= 0.6 is 11.8 Å². The molecule has 182 valence electrons. The van der Waals surface area contributed by atoms with Crippen LogP contribution in [0.2, 0.25) is 0 Å². The zero-order valence-electron chi connectivity index (χ0n) is 18.3. The van der Waals surface area contributed by atoms with Gasteiger partial charge >= 0.3 is 6.36 Å². The first-order chi connectivity index (χ1) is 16.0. The first-order valence-corrected chi connectivity index (χ1v) is 11.3. The van der Waals surface area contributed by atoms with E-state index in [1.807, 2.05) is 0 Å². The van der Waals surface area contributed by atoms with E-state index in [0.717, 1.165) is 35.4 Å². The van der Waals surface area contributed by atoms with Crippen molar-refractivity contribution in [2.45, 2.75) is 32.7 Å². The zero-order chi connectivity index (χ0) is 24.9. The number of hydrazine groups is 1. The van der Waals surface area contributed by atoms with Crippen LogP contribution in [0.3, 0.4) is 0 Å². The van der Waals surface area contributed by atoms with Crippen LogP contribution in [-0.2, 0) is 9.59 Å². The molecular formula is C23H22F4N2O4S. The van der Waals surface area contributed by atoms with Gasteiger partial charge in [-0.1, -0.05) is 24.3 Å². The lowest BCUT2D eigenvalue weighted by molar-refractivity contribution is -0.274. The quantitative estimate of drug-likeness (QED) is 0.427. The number of halogens is 4. The van der Waals surface area contributed by atoms with Crippen LogP contribution in [0.25, 0.3) is 11.1 Å². The lowest BCUT2D eigenvalue weighted by atomic mass is 10.0. The summed E-state index contributed by atoms with van der Waals surface area (Å²) >= 11 is 1.38. The second-order valence-corrected chi connectivity index (χ2v) is 8.61. The average molecular weight is 498 g/mol. The number of rotatable bonds is 7. The molecule has 0 spiro atoms. The topological polar surface area (TPSA) is 67.9 Å². The SMILES string of the molecule is CC(C)N(NC(=O)C1=CCCS1)C(=O)COc1ccc(F)cc1-c1ccccc1OC(F)(F)F. The lowest BCUT2D eigenvalue weighted by Gasteiger charge is -2.27. The van der Waals surface area contributed by atoms with E-state index in [9.17, 15) is 27.2 Å². The third-order valence-corrected chi connectivity index (χ3v) is 5.73. The van der Waals surface area contributed by atoms with E-state index in [0.29, 0.717) is 4.91 Å². The normalized spacial score (nSPS) is 13.4. The Morgan fingerprint density at radius 3 is 2.50 bits per heavy atom. The molecule has 2 aromatic carbocycles. The fourth-order valence-corrected chi connectivity index (χ4v) is 4.04. The third kappa shape index (κ3) is 6.66. The Balaban J connectivity index is 1.80.